The summed E-state index contributed by atoms with van der Waals surface area (Å²) >= 11 is 0. The average Bonchev–Trinajstić information content (AvgIpc) is 2.39. The van der Waals surface area contributed by atoms with Gasteiger partial charge in [0.2, 0.25) is 5.91 Å². The number of likely N-dealkylation sites (N-methyl/N-ethyl adjacent to an activating group) is 1. The fourth-order valence-electron chi connectivity index (χ4n) is 1.77. The van der Waals surface area contributed by atoms with E-state index in [4.69, 9.17) is 5.73 Å². The van der Waals surface area contributed by atoms with Crippen molar-refractivity contribution in [3.05, 3.63) is 60.2 Å². The van der Waals surface area contributed by atoms with Crippen LogP contribution in [0.1, 0.15) is 5.56 Å². The van der Waals surface area contributed by atoms with Crippen LogP contribution in [0.25, 0.3) is 0 Å². The summed E-state index contributed by atoms with van der Waals surface area (Å²) in [7, 11) is 1.76. The van der Waals surface area contributed by atoms with Gasteiger partial charge in [-0.15, -0.1) is 0 Å². The maximum atomic E-state index is 12.1. The maximum absolute atomic E-state index is 12.1. The number of nitrogen functional groups attached to an aromatic ring is 1. The summed E-state index contributed by atoms with van der Waals surface area (Å²) in [6.45, 7) is 0. The number of nitrogens with two attached hydrogens (primary N) is 1. The molecule has 0 saturated heterocycles. The Bertz CT molecular complexity index is 537. The molecule has 0 fully saturated rings. The molecule has 2 N–H and O–H groups in total. The van der Waals surface area contributed by atoms with Crippen LogP contribution >= 0.6 is 0 Å². The van der Waals surface area contributed by atoms with E-state index in [9.17, 15) is 4.79 Å². The van der Waals surface area contributed by atoms with Crippen LogP contribution in [0.4, 0.5) is 11.4 Å². The van der Waals surface area contributed by atoms with Gasteiger partial charge in [-0.2, -0.15) is 0 Å². The van der Waals surface area contributed by atoms with Gasteiger partial charge in [-0.1, -0.05) is 36.4 Å². The summed E-state index contributed by atoms with van der Waals surface area (Å²) in [5.41, 5.74) is 8.20. The highest BCUT2D eigenvalue weighted by molar-refractivity contribution is 5.94. The van der Waals surface area contributed by atoms with Crippen LogP contribution in [0.15, 0.2) is 54.6 Å². The van der Waals surface area contributed by atoms with E-state index in [1.165, 1.54) is 0 Å². The van der Waals surface area contributed by atoms with Crippen molar-refractivity contribution in [2.75, 3.05) is 17.7 Å². The molecule has 0 saturated carbocycles. The standard InChI is InChI=1S/C15H16N2O/c1-17(14-9-5-8-13(16)11-14)15(18)10-12-6-3-2-4-7-12/h2-9,11H,10,16H2,1H3. The van der Waals surface area contributed by atoms with E-state index in [-0.39, 0.29) is 5.91 Å². The lowest BCUT2D eigenvalue weighted by molar-refractivity contribution is -0.117. The van der Waals surface area contributed by atoms with Crippen molar-refractivity contribution >= 4 is 17.3 Å². The fourth-order valence-corrected chi connectivity index (χ4v) is 1.77. The molecule has 3 heteroatoms. The van der Waals surface area contributed by atoms with Crippen LogP contribution in [-0.2, 0) is 11.2 Å². The number of carbonyl (C=O) groups excluding carboxylic acids is 1. The number of anilines is 2. The van der Waals surface area contributed by atoms with Crippen molar-refractivity contribution in [1.82, 2.24) is 0 Å². The van der Waals surface area contributed by atoms with Crippen molar-refractivity contribution < 1.29 is 4.79 Å². The van der Waals surface area contributed by atoms with Crippen molar-refractivity contribution in [3.63, 3.8) is 0 Å². The third-order valence-corrected chi connectivity index (χ3v) is 2.83. The Hall–Kier alpha value is -2.29. The Morgan fingerprint density at radius 2 is 1.83 bits per heavy atom. The molecule has 0 radical (unpaired) electrons. The molecule has 0 aliphatic carbocycles. The van der Waals surface area contributed by atoms with Gasteiger partial charge in [-0.05, 0) is 23.8 Å². The second-order valence-electron chi connectivity index (χ2n) is 4.21. The van der Waals surface area contributed by atoms with Crippen LogP contribution < -0.4 is 10.6 Å². The lowest BCUT2D eigenvalue weighted by Crippen LogP contribution is -2.27. The van der Waals surface area contributed by atoms with Crippen molar-refractivity contribution in [2.24, 2.45) is 0 Å². The average molecular weight is 240 g/mol. The zero-order chi connectivity index (χ0) is 13.0. The smallest absolute Gasteiger partial charge is 0.231 e. The molecule has 0 aliphatic heterocycles. The molecule has 18 heavy (non-hydrogen) atoms. The normalized spacial score (nSPS) is 10.1. The third-order valence-electron chi connectivity index (χ3n) is 2.83. The first-order chi connectivity index (χ1) is 8.66. The molecule has 0 unspecified atom stereocenters. The molecule has 0 heterocycles. The monoisotopic (exact) mass is 240 g/mol. The lowest BCUT2D eigenvalue weighted by atomic mass is 10.1. The molecule has 0 spiro atoms. The number of benzene rings is 2. The summed E-state index contributed by atoms with van der Waals surface area (Å²) in [6.07, 6.45) is 0.395. The van der Waals surface area contributed by atoms with Crippen LogP contribution in [0, 0.1) is 0 Å². The molecular weight excluding hydrogens is 224 g/mol. The van der Waals surface area contributed by atoms with Gasteiger partial charge in [-0.25, -0.2) is 0 Å². The van der Waals surface area contributed by atoms with Gasteiger partial charge < -0.3 is 10.6 Å². The van der Waals surface area contributed by atoms with Gasteiger partial charge in [0.05, 0.1) is 6.42 Å². The molecule has 0 aromatic heterocycles. The van der Waals surface area contributed by atoms with Crippen LogP contribution in [-0.4, -0.2) is 13.0 Å². The highest BCUT2D eigenvalue weighted by atomic mass is 16.2. The van der Waals surface area contributed by atoms with E-state index in [0.717, 1.165) is 11.3 Å². The van der Waals surface area contributed by atoms with Gasteiger partial charge in [-0.3, -0.25) is 4.79 Å². The number of nitrogens with zero attached hydrogens (tertiary/aromatic N) is 1. The summed E-state index contributed by atoms with van der Waals surface area (Å²) < 4.78 is 0. The van der Waals surface area contributed by atoms with E-state index < -0.39 is 0 Å². The summed E-state index contributed by atoms with van der Waals surface area (Å²) in [5, 5.41) is 0. The first kappa shape index (κ1) is 12.2. The highest BCUT2D eigenvalue weighted by Crippen LogP contribution is 2.17. The second-order valence-corrected chi connectivity index (χ2v) is 4.21. The molecule has 2 aromatic carbocycles. The van der Waals surface area contributed by atoms with Gasteiger partial charge in [0.1, 0.15) is 0 Å². The molecule has 0 bridgehead atoms. The Balaban J connectivity index is 2.10. The minimum atomic E-state index is 0.0480. The molecule has 2 aromatic rings. The first-order valence-corrected chi connectivity index (χ1v) is 5.83. The Labute approximate surface area is 107 Å². The van der Waals surface area contributed by atoms with Gasteiger partial charge >= 0.3 is 0 Å². The lowest BCUT2D eigenvalue weighted by Gasteiger charge is -2.17. The maximum Gasteiger partial charge on any atom is 0.231 e. The predicted octanol–water partition coefficient (Wildman–Crippen LogP) is 2.47. The predicted molar refractivity (Wildman–Crippen MR) is 74.4 cm³/mol. The number of amides is 1. The molecule has 1 amide bonds. The van der Waals surface area contributed by atoms with Crippen LogP contribution in [0.3, 0.4) is 0 Å². The molecule has 92 valence electrons. The number of rotatable bonds is 3. The van der Waals surface area contributed by atoms with E-state index in [2.05, 4.69) is 0 Å². The number of hydrogen-bond acceptors (Lipinski definition) is 2. The van der Waals surface area contributed by atoms with Crippen molar-refractivity contribution in [3.8, 4) is 0 Å². The first-order valence-electron chi connectivity index (χ1n) is 5.83. The largest absolute Gasteiger partial charge is 0.399 e. The molecule has 0 atom stereocenters. The topological polar surface area (TPSA) is 46.3 Å². The van der Waals surface area contributed by atoms with E-state index >= 15 is 0 Å². The molecular formula is C15H16N2O. The van der Waals surface area contributed by atoms with Crippen LogP contribution in [0.5, 0.6) is 0 Å². The Morgan fingerprint density at radius 1 is 1.11 bits per heavy atom. The summed E-state index contributed by atoms with van der Waals surface area (Å²) in [4.78, 5) is 13.7. The SMILES string of the molecule is CN(C(=O)Cc1ccccc1)c1cccc(N)c1. The third kappa shape index (κ3) is 2.88. The summed E-state index contributed by atoms with van der Waals surface area (Å²) in [5.74, 6) is 0.0480. The molecule has 3 nitrogen and oxygen atoms in total. The van der Waals surface area contributed by atoms with Crippen LogP contribution in [0.2, 0.25) is 0 Å². The van der Waals surface area contributed by atoms with Gasteiger partial charge in [0.15, 0.2) is 0 Å². The number of carbonyl (C=O) groups is 1. The second kappa shape index (κ2) is 5.36. The Kier molecular flexibility index (Phi) is 3.63. The molecule has 2 rings (SSSR count). The highest BCUT2D eigenvalue weighted by Gasteiger charge is 2.11. The molecule has 0 aliphatic rings. The van der Waals surface area contributed by atoms with E-state index in [1.807, 2.05) is 42.5 Å². The summed E-state index contributed by atoms with van der Waals surface area (Å²) in [6, 6.07) is 17.0. The number of hydrogen-bond donors (Lipinski definition) is 1. The zero-order valence-electron chi connectivity index (χ0n) is 10.3. The Morgan fingerprint density at radius 3 is 2.50 bits per heavy atom. The quantitative estimate of drug-likeness (QED) is 0.838. The van der Waals surface area contributed by atoms with Gasteiger partial charge in [0, 0.05) is 18.4 Å². The minimum Gasteiger partial charge on any atom is -0.399 e. The van der Waals surface area contributed by atoms with Gasteiger partial charge in [0.25, 0.3) is 0 Å². The van der Waals surface area contributed by atoms with Crippen molar-refractivity contribution in [2.45, 2.75) is 6.42 Å². The van der Waals surface area contributed by atoms with E-state index in [0.29, 0.717) is 12.1 Å². The fraction of sp³-hybridized carbons (Fsp3) is 0.133. The van der Waals surface area contributed by atoms with E-state index in [1.54, 1.807) is 24.1 Å². The zero-order valence-corrected chi connectivity index (χ0v) is 10.3. The minimum absolute atomic E-state index is 0.0480. The van der Waals surface area contributed by atoms with Crippen molar-refractivity contribution in [1.29, 1.82) is 0 Å².